The minimum Gasteiger partial charge on any atom is -0.378 e. The summed E-state index contributed by atoms with van der Waals surface area (Å²) in [4.78, 5) is 35.3. The van der Waals surface area contributed by atoms with E-state index < -0.39 is 0 Å². The molecule has 2 fully saturated rings. The third kappa shape index (κ3) is 4.01. The Hall–Kier alpha value is -2.23. The summed E-state index contributed by atoms with van der Waals surface area (Å²) in [5.74, 6) is 0.730. The molecule has 0 spiro atoms. The fourth-order valence-corrected chi connectivity index (χ4v) is 4.80. The molecule has 30 heavy (non-hydrogen) atoms. The largest absolute Gasteiger partial charge is 0.378 e. The number of hydrogen-bond donors (Lipinski definition) is 0. The molecule has 1 amide bonds. The van der Waals surface area contributed by atoms with Crippen LogP contribution in [0.4, 0.5) is 5.82 Å². The molecule has 0 bridgehead atoms. The number of nitrogens with zero attached hydrogens (tertiary/aromatic N) is 4. The second-order valence-electron chi connectivity index (χ2n) is 7.87. The van der Waals surface area contributed by atoms with Crippen molar-refractivity contribution in [3.63, 3.8) is 0 Å². The number of thioether (sulfide) groups is 1. The van der Waals surface area contributed by atoms with Gasteiger partial charge in [0.15, 0.2) is 0 Å². The third-order valence-electron chi connectivity index (χ3n) is 4.99. The Bertz CT molecular complexity index is 1100. The number of anilines is 1. The summed E-state index contributed by atoms with van der Waals surface area (Å²) in [5.41, 5.74) is 1.75. The van der Waals surface area contributed by atoms with Gasteiger partial charge in [-0.05, 0) is 30.5 Å². The van der Waals surface area contributed by atoms with Gasteiger partial charge >= 0.3 is 0 Å². The summed E-state index contributed by atoms with van der Waals surface area (Å²) in [6, 6.07) is 3.77. The fraction of sp³-hybridized carbons (Fsp3) is 0.429. The predicted octanol–water partition coefficient (Wildman–Crippen LogP) is 2.70. The lowest BCUT2D eigenvalue weighted by Crippen LogP contribution is -2.38. The van der Waals surface area contributed by atoms with Gasteiger partial charge in [0.25, 0.3) is 11.5 Å². The monoisotopic (exact) mass is 444 g/mol. The minimum absolute atomic E-state index is 0.152. The highest BCUT2D eigenvalue weighted by Crippen LogP contribution is 2.34. The number of pyridine rings is 1. The number of aromatic nitrogens is 2. The Morgan fingerprint density at radius 3 is 2.70 bits per heavy atom. The van der Waals surface area contributed by atoms with E-state index in [2.05, 4.69) is 0 Å². The van der Waals surface area contributed by atoms with Crippen molar-refractivity contribution in [2.24, 2.45) is 5.92 Å². The molecule has 4 rings (SSSR count). The third-order valence-corrected chi connectivity index (χ3v) is 6.37. The molecule has 0 saturated carbocycles. The molecule has 2 aliphatic rings. The van der Waals surface area contributed by atoms with E-state index >= 15 is 0 Å². The maximum absolute atomic E-state index is 13.4. The van der Waals surface area contributed by atoms with E-state index in [9.17, 15) is 9.59 Å². The first kappa shape index (κ1) is 21.0. The molecular formula is C21H24N4O3S2. The van der Waals surface area contributed by atoms with Crippen LogP contribution in [0.2, 0.25) is 0 Å². The molecule has 2 aromatic rings. The number of amides is 1. The van der Waals surface area contributed by atoms with E-state index in [4.69, 9.17) is 21.9 Å². The Morgan fingerprint density at radius 1 is 1.27 bits per heavy atom. The Kier molecular flexibility index (Phi) is 5.95. The maximum atomic E-state index is 13.4. The van der Waals surface area contributed by atoms with Crippen molar-refractivity contribution < 1.29 is 9.53 Å². The smallest absolute Gasteiger partial charge is 0.267 e. The average Bonchev–Trinajstić information content (AvgIpc) is 2.98. The van der Waals surface area contributed by atoms with Crippen molar-refractivity contribution in [1.82, 2.24) is 14.3 Å². The number of aryl methyl sites for hydroxylation is 1. The molecular weight excluding hydrogens is 420 g/mol. The summed E-state index contributed by atoms with van der Waals surface area (Å²) in [5, 5.41) is 0. The summed E-state index contributed by atoms with van der Waals surface area (Å²) in [6.45, 7) is 9.01. The first-order chi connectivity index (χ1) is 14.3. The van der Waals surface area contributed by atoms with Gasteiger partial charge in [-0.1, -0.05) is 43.9 Å². The van der Waals surface area contributed by atoms with E-state index in [1.165, 1.54) is 11.8 Å². The van der Waals surface area contributed by atoms with Gasteiger partial charge < -0.3 is 9.64 Å². The molecule has 9 heteroatoms. The number of thiocarbonyl (C=S) groups is 1. The summed E-state index contributed by atoms with van der Waals surface area (Å²) < 4.78 is 7.53. The molecule has 2 saturated heterocycles. The van der Waals surface area contributed by atoms with Gasteiger partial charge in [0.05, 0.1) is 23.7 Å². The molecule has 158 valence electrons. The number of rotatable bonds is 4. The molecule has 0 atom stereocenters. The topological polar surface area (TPSA) is 67.2 Å². The molecule has 0 radical (unpaired) electrons. The molecule has 0 aromatic carbocycles. The second kappa shape index (κ2) is 8.49. The quantitative estimate of drug-likeness (QED) is 0.531. The number of fused-ring (bicyclic) bond motifs is 1. The SMILES string of the molecule is Cc1ccc2nc(N3CCOCC3)c(/C=C3/SC(=S)N(CC(C)C)C3=O)c(=O)n2c1. The Labute approximate surface area is 184 Å². The van der Waals surface area contributed by atoms with Gasteiger partial charge in [-0.15, -0.1) is 0 Å². The molecule has 4 heterocycles. The van der Waals surface area contributed by atoms with Gasteiger partial charge in [-0.3, -0.25) is 18.9 Å². The van der Waals surface area contributed by atoms with E-state index in [0.29, 0.717) is 65.0 Å². The Morgan fingerprint density at radius 2 is 2.00 bits per heavy atom. The lowest BCUT2D eigenvalue weighted by Gasteiger charge is -2.29. The van der Waals surface area contributed by atoms with Crippen LogP contribution < -0.4 is 10.5 Å². The highest BCUT2D eigenvalue weighted by molar-refractivity contribution is 8.26. The summed E-state index contributed by atoms with van der Waals surface area (Å²) in [6.07, 6.45) is 3.43. The minimum atomic E-state index is -0.195. The van der Waals surface area contributed by atoms with E-state index in [1.807, 2.05) is 37.8 Å². The zero-order valence-electron chi connectivity index (χ0n) is 17.3. The van der Waals surface area contributed by atoms with Crippen LogP contribution in [0, 0.1) is 12.8 Å². The highest BCUT2D eigenvalue weighted by Gasteiger charge is 2.33. The number of carbonyl (C=O) groups excluding carboxylic acids is 1. The maximum Gasteiger partial charge on any atom is 0.267 e. The van der Waals surface area contributed by atoms with Crippen molar-refractivity contribution in [1.29, 1.82) is 0 Å². The van der Waals surface area contributed by atoms with Crippen LogP contribution in [-0.4, -0.2) is 57.4 Å². The van der Waals surface area contributed by atoms with Crippen LogP contribution >= 0.6 is 24.0 Å². The first-order valence-corrected chi connectivity index (χ1v) is 11.2. The number of ether oxygens (including phenoxy) is 1. The van der Waals surface area contributed by atoms with Crippen LogP contribution in [-0.2, 0) is 9.53 Å². The number of carbonyl (C=O) groups is 1. The standard InChI is InChI=1S/C21H24N4O3S2/c1-13(2)11-25-20(27)16(30-21(25)29)10-15-18(23-6-8-28-9-7-23)22-17-5-4-14(3)12-24(17)19(15)26/h4-5,10,12-13H,6-9,11H2,1-3H3/b16-10+. The molecule has 7 nitrogen and oxygen atoms in total. The number of hydrogen-bond acceptors (Lipinski definition) is 7. The number of morpholine rings is 1. The summed E-state index contributed by atoms with van der Waals surface area (Å²) in [7, 11) is 0. The molecule has 0 N–H and O–H groups in total. The van der Waals surface area contributed by atoms with Gasteiger partial charge in [0.1, 0.15) is 15.8 Å². The van der Waals surface area contributed by atoms with Crippen LogP contribution in [0.15, 0.2) is 28.0 Å². The van der Waals surface area contributed by atoms with Crippen molar-refractivity contribution in [2.45, 2.75) is 20.8 Å². The van der Waals surface area contributed by atoms with Crippen molar-refractivity contribution >= 4 is 51.7 Å². The van der Waals surface area contributed by atoms with E-state index in [-0.39, 0.29) is 11.5 Å². The first-order valence-electron chi connectivity index (χ1n) is 9.96. The summed E-state index contributed by atoms with van der Waals surface area (Å²) >= 11 is 6.66. The van der Waals surface area contributed by atoms with Crippen molar-refractivity contribution in [2.75, 3.05) is 37.7 Å². The van der Waals surface area contributed by atoms with Crippen LogP contribution in [0.3, 0.4) is 0 Å². The van der Waals surface area contributed by atoms with Crippen LogP contribution in [0.5, 0.6) is 0 Å². The molecule has 0 aliphatic carbocycles. The zero-order valence-corrected chi connectivity index (χ0v) is 18.9. The normalized spacial score (nSPS) is 19.0. The fourth-order valence-electron chi connectivity index (χ4n) is 3.54. The zero-order chi connectivity index (χ0) is 21.4. The van der Waals surface area contributed by atoms with Gasteiger partial charge in [0.2, 0.25) is 0 Å². The predicted molar refractivity (Wildman–Crippen MR) is 124 cm³/mol. The average molecular weight is 445 g/mol. The van der Waals surface area contributed by atoms with Crippen LogP contribution in [0.25, 0.3) is 11.7 Å². The van der Waals surface area contributed by atoms with E-state index in [1.54, 1.807) is 21.6 Å². The molecule has 2 aromatic heterocycles. The van der Waals surface area contributed by atoms with E-state index in [0.717, 1.165) is 5.56 Å². The van der Waals surface area contributed by atoms with Gasteiger partial charge in [-0.25, -0.2) is 4.98 Å². The molecule has 0 unspecified atom stereocenters. The Balaban J connectivity index is 1.85. The van der Waals surface area contributed by atoms with Gasteiger partial charge in [-0.2, -0.15) is 0 Å². The van der Waals surface area contributed by atoms with Gasteiger partial charge in [0, 0.05) is 25.8 Å². The van der Waals surface area contributed by atoms with Crippen molar-refractivity contribution in [3.8, 4) is 0 Å². The van der Waals surface area contributed by atoms with Crippen molar-refractivity contribution in [3.05, 3.63) is 44.7 Å². The molecule has 2 aliphatic heterocycles. The lowest BCUT2D eigenvalue weighted by molar-refractivity contribution is -0.122. The lowest BCUT2D eigenvalue weighted by atomic mass is 10.2. The second-order valence-corrected chi connectivity index (χ2v) is 9.55. The highest BCUT2D eigenvalue weighted by atomic mass is 32.2. The van der Waals surface area contributed by atoms with Crippen LogP contribution in [0.1, 0.15) is 25.0 Å².